The lowest BCUT2D eigenvalue weighted by molar-refractivity contribution is -0.190. The highest BCUT2D eigenvalue weighted by atomic mass is 16.5. The van der Waals surface area contributed by atoms with Crippen LogP contribution in [-0.2, 0) is 22.6 Å². The molecule has 0 aliphatic carbocycles. The number of fused-ring (bicyclic) bond motifs is 1. The molecular weight excluding hydrogens is 470 g/mol. The summed E-state index contributed by atoms with van der Waals surface area (Å²) in [6, 6.07) is 16.6. The molecule has 4 rings (SSSR count). The number of nitrogens with one attached hydrogen (secondary N) is 1. The van der Waals surface area contributed by atoms with Gasteiger partial charge in [0.25, 0.3) is 0 Å². The van der Waals surface area contributed by atoms with E-state index in [-0.39, 0.29) is 36.9 Å². The van der Waals surface area contributed by atoms with Crippen LogP contribution in [0.1, 0.15) is 31.4 Å². The van der Waals surface area contributed by atoms with Crippen molar-refractivity contribution < 1.29 is 19.1 Å². The number of piperazine rings is 1. The monoisotopic (exact) mass is 507 g/mol. The Morgan fingerprint density at radius 1 is 1.08 bits per heavy atom. The van der Waals surface area contributed by atoms with Crippen LogP contribution in [0.4, 0.5) is 4.79 Å². The Bertz CT molecular complexity index is 1090. The van der Waals surface area contributed by atoms with Crippen LogP contribution in [0.15, 0.2) is 54.6 Å². The summed E-state index contributed by atoms with van der Waals surface area (Å²) in [6.07, 6.45) is 0.837. The first kappa shape index (κ1) is 26.5. The third kappa shape index (κ3) is 5.72. The van der Waals surface area contributed by atoms with Gasteiger partial charge < -0.3 is 19.9 Å². The summed E-state index contributed by atoms with van der Waals surface area (Å²) >= 11 is 0. The molecule has 37 heavy (non-hydrogen) atoms. The molecule has 9 nitrogen and oxygen atoms in total. The van der Waals surface area contributed by atoms with Gasteiger partial charge in [0, 0.05) is 20.1 Å². The van der Waals surface area contributed by atoms with Crippen molar-refractivity contribution in [2.24, 2.45) is 5.92 Å². The summed E-state index contributed by atoms with van der Waals surface area (Å²) in [5.41, 5.74) is 2.08. The first-order valence-corrected chi connectivity index (χ1v) is 12.9. The van der Waals surface area contributed by atoms with Gasteiger partial charge in [0.1, 0.15) is 18.0 Å². The van der Waals surface area contributed by atoms with E-state index in [4.69, 9.17) is 4.74 Å². The van der Waals surface area contributed by atoms with E-state index in [0.29, 0.717) is 19.5 Å². The van der Waals surface area contributed by atoms with Gasteiger partial charge in [-0.25, -0.2) is 14.8 Å². The summed E-state index contributed by atoms with van der Waals surface area (Å²) in [4.78, 5) is 43.9. The average molecular weight is 508 g/mol. The number of carbonyl (C=O) groups is 3. The van der Waals surface area contributed by atoms with Gasteiger partial charge in [0.05, 0.1) is 20.2 Å². The summed E-state index contributed by atoms with van der Waals surface area (Å²) in [6.45, 7) is 5.20. The maximum Gasteiger partial charge on any atom is 0.334 e. The van der Waals surface area contributed by atoms with Crippen molar-refractivity contribution >= 4 is 17.8 Å². The minimum absolute atomic E-state index is 0.0413. The number of hydrazine groups is 1. The van der Waals surface area contributed by atoms with Crippen molar-refractivity contribution in [3.05, 3.63) is 65.7 Å². The Hall–Kier alpha value is -3.59. The maximum absolute atomic E-state index is 13.7. The number of nitrogens with zero attached hydrogens (tertiary/aromatic N) is 4. The number of hydrogen-bond acceptors (Lipinski definition) is 5. The molecule has 1 N–H and O–H groups in total. The predicted molar refractivity (Wildman–Crippen MR) is 140 cm³/mol. The molecule has 2 fully saturated rings. The second-order valence-electron chi connectivity index (χ2n) is 9.80. The highest BCUT2D eigenvalue weighted by Gasteiger charge is 2.51. The molecule has 0 radical (unpaired) electrons. The number of rotatable bonds is 8. The minimum Gasteiger partial charge on any atom is -0.497 e. The van der Waals surface area contributed by atoms with Gasteiger partial charge >= 0.3 is 6.03 Å². The van der Waals surface area contributed by atoms with Gasteiger partial charge in [-0.1, -0.05) is 62.7 Å². The number of benzene rings is 2. The van der Waals surface area contributed by atoms with Crippen molar-refractivity contribution in [3.8, 4) is 5.75 Å². The van der Waals surface area contributed by atoms with Gasteiger partial charge in [0.15, 0.2) is 0 Å². The van der Waals surface area contributed by atoms with Crippen molar-refractivity contribution in [1.29, 1.82) is 0 Å². The zero-order valence-electron chi connectivity index (χ0n) is 22.1. The zero-order chi connectivity index (χ0) is 26.5. The van der Waals surface area contributed by atoms with Gasteiger partial charge in [-0.3, -0.25) is 9.59 Å². The molecular formula is C28H37N5O4. The quantitative estimate of drug-likeness (QED) is 0.594. The molecule has 2 heterocycles. The normalized spacial score (nSPS) is 21.0. The van der Waals surface area contributed by atoms with Crippen LogP contribution < -0.4 is 10.1 Å². The van der Waals surface area contributed by atoms with Crippen molar-refractivity contribution in [2.45, 2.75) is 45.4 Å². The molecule has 2 aromatic carbocycles. The molecule has 2 aliphatic heterocycles. The Morgan fingerprint density at radius 2 is 1.78 bits per heavy atom. The third-order valence-corrected chi connectivity index (χ3v) is 7.38. The predicted octanol–water partition coefficient (Wildman–Crippen LogP) is 2.72. The Kier molecular flexibility index (Phi) is 8.33. The van der Waals surface area contributed by atoms with E-state index in [0.717, 1.165) is 23.3 Å². The number of ether oxygens (including phenoxy) is 1. The lowest BCUT2D eigenvalue weighted by Gasteiger charge is -2.55. The molecule has 9 heteroatoms. The topological polar surface area (TPSA) is 85.4 Å². The Morgan fingerprint density at radius 3 is 2.43 bits per heavy atom. The first-order chi connectivity index (χ1) is 17.8. The molecule has 198 valence electrons. The van der Waals surface area contributed by atoms with Crippen molar-refractivity contribution in [3.63, 3.8) is 0 Å². The summed E-state index contributed by atoms with van der Waals surface area (Å²) in [5, 5.41) is 6.26. The Balaban J connectivity index is 1.56. The van der Waals surface area contributed by atoms with E-state index in [1.165, 1.54) is 0 Å². The summed E-state index contributed by atoms with van der Waals surface area (Å²) < 4.78 is 5.25. The zero-order valence-corrected chi connectivity index (χ0v) is 22.1. The summed E-state index contributed by atoms with van der Waals surface area (Å²) in [5.74, 6) is 0.557. The lowest BCUT2D eigenvalue weighted by Crippen LogP contribution is -2.76. The molecule has 3 atom stereocenters. The molecule has 2 aromatic rings. The summed E-state index contributed by atoms with van der Waals surface area (Å²) in [7, 11) is 3.38. The fourth-order valence-corrected chi connectivity index (χ4v) is 5.11. The minimum atomic E-state index is -0.606. The first-order valence-electron chi connectivity index (χ1n) is 12.9. The van der Waals surface area contributed by atoms with Gasteiger partial charge in [-0.15, -0.1) is 0 Å². The smallest absolute Gasteiger partial charge is 0.334 e. The van der Waals surface area contributed by atoms with Gasteiger partial charge in [-0.2, -0.15) is 0 Å². The second kappa shape index (κ2) is 11.6. The molecule has 0 aromatic heterocycles. The number of urea groups is 1. The number of likely N-dealkylation sites (N-methyl/N-ethyl adjacent to an activating group) is 1. The number of amides is 4. The molecule has 0 spiro atoms. The number of methoxy groups -OCH3 is 1. The third-order valence-electron chi connectivity index (χ3n) is 7.38. The molecule has 2 aliphatic rings. The highest BCUT2D eigenvalue weighted by molar-refractivity contribution is 5.91. The molecule has 0 bridgehead atoms. The Labute approximate surface area is 218 Å². The van der Waals surface area contributed by atoms with Crippen LogP contribution in [-0.4, -0.2) is 83.7 Å². The van der Waals surface area contributed by atoms with Crippen molar-refractivity contribution in [1.82, 2.24) is 25.1 Å². The van der Waals surface area contributed by atoms with Crippen LogP contribution in [0.2, 0.25) is 0 Å². The fourth-order valence-electron chi connectivity index (χ4n) is 5.11. The molecule has 0 saturated carbocycles. The van der Waals surface area contributed by atoms with Gasteiger partial charge in [-0.05, 0) is 35.6 Å². The number of hydrogen-bond donors (Lipinski definition) is 1. The average Bonchev–Trinajstić information content (AvgIpc) is 2.91. The van der Waals surface area contributed by atoms with Crippen molar-refractivity contribution in [2.75, 3.05) is 33.8 Å². The van der Waals surface area contributed by atoms with Crippen LogP contribution in [0.5, 0.6) is 5.75 Å². The van der Waals surface area contributed by atoms with Crippen LogP contribution in [0, 0.1) is 5.92 Å². The standard InChI is InChI=1S/C28H37N5O4/c1-5-20(2)26-27(35)31(16-15-21-11-13-23(37-4)14-12-21)18-24-32(26)25(34)19-30(3)33(24)28(36)29-17-22-9-7-6-8-10-22/h6-14,20,24,26H,5,15-19H2,1-4H3,(H,29,36)/t20?,24-,26-/m0/s1. The maximum atomic E-state index is 13.7. The van der Waals surface area contributed by atoms with E-state index in [1.54, 1.807) is 29.1 Å². The second-order valence-corrected chi connectivity index (χ2v) is 9.80. The molecule has 4 amide bonds. The number of carbonyl (C=O) groups excluding carboxylic acids is 3. The van der Waals surface area contributed by atoms with E-state index in [9.17, 15) is 14.4 Å². The van der Waals surface area contributed by atoms with E-state index >= 15 is 0 Å². The van der Waals surface area contributed by atoms with Gasteiger partial charge in [0.2, 0.25) is 11.8 Å². The fraction of sp³-hybridized carbons (Fsp3) is 0.464. The SMILES string of the molecule is CCC(C)[C@H]1C(=O)N(CCc2ccc(OC)cc2)C[C@H]2N1C(=O)CN(C)N2C(=O)NCc1ccccc1. The van der Waals surface area contributed by atoms with Crippen LogP contribution in [0.3, 0.4) is 0 Å². The lowest BCUT2D eigenvalue weighted by atomic mass is 9.92. The van der Waals surface area contributed by atoms with Crippen LogP contribution in [0.25, 0.3) is 0 Å². The largest absolute Gasteiger partial charge is 0.497 e. The molecule has 2 saturated heterocycles. The molecule has 1 unspecified atom stereocenters. The highest BCUT2D eigenvalue weighted by Crippen LogP contribution is 2.30. The van der Waals surface area contributed by atoms with E-state index in [1.807, 2.05) is 73.3 Å². The van der Waals surface area contributed by atoms with Crippen LogP contribution >= 0.6 is 0 Å². The van der Waals surface area contributed by atoms with E-state index < -0.39 is 12.2 Å². The van der Waals surface area contributed by atoms with E-state index in [2.05, 4.69) is 5.32 Å².